The molecule has 2 aliphatic rings. The number of carbonyl (C=O) groups excluding carboxylic acids is 3. The van der Waals surface area contributed by atoms with E-state index in [1.54, 1.807) is 18.7 Å². The molecule has 1 aromatic carbocycles. The average Bonchev–Trinajstić information content (AvgIpc) is 3.38. The van der Waals surface area contributed by atoms with Crippen LogP contribution < -0.4 is 10.6 Å². The topological polar surface area (TPSA) is 92.7 Å². The maximum atomic E-state index is 13.4. The first-order valence-electron chi connectivity index (χ1n) is 9.92. The zero-order valence-corrected chi connectivity index (χ0v) is 17.8. The maximum Gasteiger partial charge on any atom is 0.411 e. The van der Waals surface area contributed by atoms with Gasteiger partial charge in [-0.3, -0.25) is 9.59 Å². The van der Waals surface area contributed by atoms with E-state index in [1.807, 2.05) is 6.20 Å². The first kappa shape index (κ1) is 21.2. The van der Waals surface area contributed by atoms with Crippen LogP contribution in [0.15, 0.2) is 24.4 Å². The molecule has 10 heteroatoms. The first-order chi connectivity index (χ1) is 14.7. The molecule has 0 saturated carbocycles. The Bertz CT molecular complexity index is 1070. The number of ether oxygens (including phenoxy) is 1. The van der Waals surface area contributed by atoms with Gasteiger partial charge >= 0.3 is 6.09 Å². The number of nitrogens with zero attached hydrogens (tertiary/aromatic N) is 2. The summed E-state index contributed by atoms with van der Waals surface area (Å²) in [5, 5.41) is 5.28. The Morgan fingerprint density at radius 2 is 2.10 bits per heavy atom. The van der Waals surface area contributed by atoms with E-state index in [2.05, 4.69) is 10.6 Å². The number of anilines is 1. The van der Waals surface area contributed by atoms with Gasteiger partial charge in [-0.15, -0.1) is 0 Å². The normalized spacial score (nSPS) is 19.7. The molecule has 31 heavy (non-hydrogen) atoms. The molecule has 1 aromatic heterocycles. The Hall–Kier alpha value is -3.07. The van der Waals surface area contributed by atoms with Gasteiger partial charge in [0, 0.05) is 38.8 Å². The lowest BCUT2D eigenvalue weighted by atomic mass is 10.1. The summed E-state index contributed by atoms with van der Waals surface area (Å²) in [6, 6.07) is 3.74. The molecule has 2 heterocycles. The largest absolute Gasteiger partial charge is 0.425 e. The Morgan fingerprint density at radius 1 is 1.32 bits per heavy atom. The Kier molecular flexibility index (Phi) is 5.62. The third-order valence-electron chi connectivity index (χ3n) is 5.69. The van der Waals surface area contributed by atoms with E-state index in [0.29, 0.717) is 37.1 Å². The zero-order chi connectivity index (χ0) is 22.3. The lowest BCUT2D eigenvalue weighted by molar-refractivity contribution is -0.120. The van der Waals surface area contributed by atoms with Gasteiger partial charge in [0.1, 0.15) is 11.5 Å². The Balaban J connectivity index is 1.49. The number of benzene rings is 1. The van der Waals surface area contributed by atoms with E-state index in [0.717, 1.165) is 11.1 Å². The van der Waals surface area contributed by atoms with Crippen molar-refractivity contribution in [2.24, 2.45) is 7.05 Å². The monoisotopic (exact) mass is 448 g/mol. The summed E-state index contributed by atoms with van der Waals surface area (Å²) in [4.78, 5) is 38.3. The number of hydrogen-bond acceptors (Lipinski definition) is 4. The van der Waals surface area contributed by atoms with Gasteiger partial charge in [0.15, 0.2) is 6.23 Å². The summed E-state index contributed by atoms with van der Waals surface area (Å²) < 4.78 is 20.5. The molecule has 3 amide bonds. The summed E-state index contributed by atoms with van der Waals surface area (Å²) in [5.74, 6) is -1.04. The highest BCUT2D eigenvalue weighted by atomic mass is 35.5. The van der Waals surface area contributed by atoms with Crippen molar-refractivity contribution in [1.29, 1.82) is 0 Å². The van der Waals surface area contributed by atoms with Crippen molar-refractivity contribution >= 4 is 35.2 Å². The average molecular weight is 449 g/mol. The van der Waals surface area contributed by atoms with Crippen molar-refractivity contribution in [3.8, 4) is 0 Å². The maximum absolute atomic E-state index is 13.4. The van der Waals surface area contributed by atoms with Gasteiger partial charge in [-0.05, 0) is 42.2 Å². The van der Waals surface area contributed by atoms with Crippen LogP contribution in [0.1, 0.15) is 46.9 Å². The van der Waals surface area contributed by atoms with Crippen LogP contribution in [0.4, 0.5) is 14.9 Å². The summed E-state index contributed by atoms with van der Waals surface area (Å²) >= 11 is 5.80. The summed E-state index contributed by atoms with van der Waals surface area (Å²) in [6.07, 6.45) is 2.76. The number of amides is 3. The second-order valence-corrected chi connectivity index (χ2v) is 8.16. The van der Waals surface area contributed by atoms with E-state index in [1.165, 1.54) is 23.1 Å². The lowest BCUT2D eigenvalue weighted by Gasteiger charge is -2.25. The minimum atomic E-state index is -0.608. The molecular weight excluding hydrogens is 427 g/mol. The molecule has 0 radical (unpaired) electrons. The molecule has 1 fully saturated rings. The van der Waals surface area contributed by atoms with Crippen LogP contribution >= 0.6 is 11.6 Å². The second-order valence-electron chi connectivity index (χ2n) is 7.75. The van der Waals surface area contributed by atoms with Gasteiger partial charge in [0.2, 0.25) is 5.91 Å². The van der Waals surface area contributed by atoms with Crippen molar-refractivity contribution in [3.05, 3.63) is 52.1 Å². The first-order valence-corrected chi connectivity index (χ1v) is 10.3. The van der Waals surface area contributed by atoms with Crippen LogP contribution in [0, 0.1) is 5.82 Å². The van der Waals surface area contributed by atoms with Crippen molar-refractivity contribution < 1.29 is 23.5 Å². The van der Waals surface area contributed by atoms with Gasteiger partial charge in [-0.2, -0.15) is 0 Å². The molecule has 1 unspecified atom stereocenters. The molecule has 2 N–H and O–H groups in total. The lowest BCUT2D eigenvalue weighted by Crippen LogP contribution is -2.37. The van der Waals surface area contributed by atoms with Crippen LogP contribution in [-0.4, -0.2) is 40.7 Å². The van der Waals surface area contributed by atoms with E-state index in [-0.39, 0.29) is 22.9 Å². The summed E-state index contributed by atoms with van der Waals surface area (Å²) in [6.45, 7) is 0. The minimum Gasteiger partial charge on any atom is -0.425 e. The minimum absolute atomic E-state index is 0.0754. The van der Waals surface area contributed by atoms with Crippen molar-refractivity contribution in [2.75, 3.05) is 12.4 Å². The SMILES string of the molecule is CN(C(=O)O[C@@H]1CCC(=O)N1)C1CCc2c1cn(C)c2C(=O)Nc1ccc(F)c(Cl)c1. The fourth-order valence-corrected chi connectivity index (χ4v) is 4.34. The number of hydrogen-bond donors (Lipinski definition) is 2. The number of aryl methyl sites for hydroxylation is 1. The van der Waals surface area contributed by atoms with Gasteiger partial charge in [0.25, 0.3) is 5.91 Å². The molecule has 1 saturated heterocycles. The van der Waals surface area contributed by atoms with Crippen LogP contribution in [0.25, 0.3) is 0 Å². The number of aromatic nitrogens is 1. The third kappa shape index (κ3) is 4.10. The molecular formula is C21H22ClFN4O4. The van der Waals surface area contributed by atoms with E-state index >= 15 is 0 Å². The van der Waals surface area contributed by atoms with Crippen LogP contribution in [-0.2, 0) is 23.0 Å². The van der Waals surface area contributed by atoms with E-state index < -0.39 is 18.1 Å². The quantitative estimate of drug-likeness (QED) is 0.750. The molecule has 0 bridgehead atoms. The Labute approximate surface area is 183 Å². The number of fused-ring (bicyclic) bond motifs is 1. The van der Waals surface area contributed by atoms with E-state index in [4.69, 9.17) is 16.3 Å². The number of halogens is 2. The number of nitrogens with one attached hydrogen (secondary N) is 2. The predicted octanol–water partition coefficient (Wildman–Crippen LogP) is 3.36. The van der Waals surface area contributed by atoms with Crippen molar-refractivity contribution in [1.82, 2.24) is 14.8 Å². The van der Waals surface area contributed by atoms with Crippen molar-refractivity contribution in [2.45, 2.75) is 38.0 Å². The highest BCUT2D eigenvalue weighted by Gasteiger charge is 2.36. The molecule has 2 atom stereocenters. The summed E-state index contributed by atoms with van der Waals surface area (Å²) in [5.41, 5.74) is 2.59. The van der Waals surface area contributed by atoms with E-state index in [9.17, 15) is 18.8 Å². The van der Waals surface area contributed by atoms with Crippen LogP contribution in [0.2, 0.25) is 5.02 Å². The third-order valence-corrected chi connectivity index (χ3v) is 5.98. The highest BCUT2D eigenvalue weighted by Crippen LogP contribution is 2.38. The second kappa shape index (κ2) is 8.22. The number of rotatable bonds is 4. The van der Waals surface area contributed by atoms with Crippen molar-refractivity contribution in [3.63, 3.8) is 0 Å². The van der Waals surface area contributed by atoms with Gasteiger partial charge in [-0.1, -0.05) is 11.6 Å². The molecule has 4 rings (SSSR count). The fraction of sp³-hybridized carbons (Fsp3) is 0.381. The van der Waals surface area contributed by atoms with Crippen LogP contribution in [0.3, 0.4) is 0 Å². The summed E-state index contributed by atoms with van der Waals surface area (Å²) in [7, 11) is 3.40. The molecule has 1 aliphatic carbocycles. The molecule has 8 nitrogen and oxygen atoms in total. The Morgan fingerprint density at radius 3 is 2.77 bits per heavy atom. The molecule has 2 aromatic rings. The van der Waals surface area contributed by atoms with Gasteiger partial charge in [0.05, 0.1) is 11.1 Å². The highest BCUT2D eigenvalue weighted by molar-refractivity contribution is 6.31. The van der Waals surface area contributed by atoms with Crippen LogP contribution in [0.5, 0.6) is 0 Å². The molecule has 164 valence electrons. The number of carbonyl (C=O) groups is 3. The molecule has 0 spiro atoms. The van der Waals surface area contributed by atoms with Gasteiger partial charge < -0.3 is 24.8 Å². The standard InChI is InChI=1S/C21H22ClFN4O4/c1-26-10-13-12(19(26)20(29)24-11-3-5-15(23)14(22)9-11)4-6-16(13)27(2)21(30)31-18-8-7-17(28)25-18/h3,5,9-10,16,18H,4,6-8H2,1-2H3,(H,24,29)(H,25,28)/t16?,18-/m1/s1. The zero-order valence-electron chi connectivity index (χ0n) is 17.1. The molecule has 1 aliphatic heterocycles. The smallest absolute Gasteiger partial charge is 0.411 e. The van der Waals surface area contributed by atoms with Gasteiger partial charge in [-0.25, -0.2) is 9.18 Å². The predicted molar refractivity (Wildman–Crippen MR) is 111 cm³/mol. The fourth-order valence-electron chi connectivity index (χ4n) is 4.16.